The molecule has 2 N–H and O–H groups in total. The molecule has 2 aromatic heterocycles. The molecule has 1 saturated heterocycles. The van der Waals surface area contributed by atoms with E-state index < -0.39 is 24.9 Å². The fourth-order valence-electron chi connectivity index (χ4n) is 4.59. The largest absolute Gasteiger partial charge is 0.406 e. The summed E-state index contributed by atoms with van der Waals surface area (Å²) in [7, 11) is 1.86. The summed E-state index contributed by atoms with van der Waals surface area (Å²) in [6.45, 7) is 5.84. The minimum Gasteiger partial charge on any atom is -0.379 e. The summed E-state index contributed by atoms with van der Waals surface area (Å²) in [6.07, 6.45) is -1.41. The molecule has 6 nitrogen and oxygen atoms in total. The van der Waals surface area contributed by atoms with Crippen LogP contribution < -0.4 is 10.6 Å². The zero-order valence-corrected chi connectivity index (χ0v) is 22.0. The van der Waals surface area contributed by atoms with E-state index in [1.54, 1.807) is 36.5 Å². The molecule has 0 spiro atoms. The predicted molar refractivity (Wildman–Crippen MR) is 141 cm³/mol. The van der Waals surface area contributed by atoms with Crippen LogP contribution in [0.2, 0.25) is 0 Å². The van der Waals surface area contributed by atoms with Crippen molar-refractivity contribution < 1.29 is 22.4 Å². The Hall–Kier alpha value is -3.45. The maximum Gasteiger partial charge on any atom is 0.406 e. The van der Waals surface area contributed by atoms with Gasteiger partial charge in [0.2, 0.25) is 0 Å². The first-order chi connectivity index (χ1) is 17.8. The molecule has 1 fully saturated rings. The second-order valence-electron chi connectivity index (χ2n) is 10.7. The fourth-order valence-corrected chi connectivity index (χ4v) is 4.59. The molecule has 204 valence electrons. The Labute approximate surface area is 220 Å². The van der Waals surface area contributed by atoms with Gasteiger partial charge >= 0.3 is 6.18 Å². The van der Waals surface area contributed by atoms with Crippen LogP contribution in [0.3, 0.4) is 0 Å². The van der Waals surface area contributed by atoms with E-state index in [0.717, 1.165) is 11.1 Å². The van der Waals surface area contributed by atoms with Crippen molar-refractivity contribution >= 4 is 22.5 Å². The second-order valence-corrected chi connectivity index (χ2v) is 10.7. The van der Waals surface area contributed by atoms with Crippen molar-refractivity contribution in [1.82, 2.24) is 19.4 Å². The van der Waals surface area contributed by atoms with Gasteiger partial charge in [-0.05, 0) is 64.4 Å². The van der Waals surface area contributed by atoms with E-state index in [1.165, 1.54) is 0 Å². The van der Waals surface area contributed by atoms with Crippen LogP contribution in [0.25, 0.3) is 10.9 Å². The van der Waals surface area contributed by atoms with Crippen LogP contribution in [0.1, 0.15) is 43.2 Å². The smallest absolute Gasteiger partial charge is 0.379 e. The number of hydrogen-bond acceptors (Lipinski definition) is 3. The van der Waals surface area contributed by atoms with Crippen LogP contribution in [-0.4, -0.2) is 65.0 Å². The van der Waals surface area contributed by atoms with Crippen LogP contribution in [-0.2, 0) is 12.1 Å². The highest BCUT2D eigenvalue weighted by atomic mass is 19.4. The molecule has 1 aliphatic rings. The Bertz CT molecular complexity index is 1360. The lowest BCUT2D eigenvalue weighted by atomic mass is 10.0. The third kappa shape index (κ3) is 6.51. The van der Waals surface area contributed by atoms with Gasteiger partial charge in [0.1, 0.15) is 12.7 Å². The average Bonchev–Trinajstić information content (AvgIpc) is 3.44. The fraction of sp³-hybridized carbons (Fsp3) is 0.464. The molecular weight excluding hydrogens is 498 g/mol. The number of amides is 1. The van der Waals surface area contributed by atoms with Crippen LogP contribution in [0.15, 0.2) is 42.7 Å². The Morgan fingerprint density at radius 3 is 2.61 bits per heavy atom. The van der Waals surface area contributed by atoms with Crippen molar-refractivity contribution in [3.05, 3.63) is 54.0 Å². The number of likely N-dealkylation sites (tertiary alicyclic amines) is 1. The number of hydrogen-bond donors (Lipinski definition) is 2. The SMILES string of the molecule is CN1CC[C@@H](Nc2cccc3c2cc(C#CCNC(=O)c2ccn(C(C)(C)C)c2)n3CC(F)(F)F)[C@@H](F)C1. The Morgan fingerprint density at radius 2 is 1.95 bits per heavy atom. The first-order valence-electron chi connectivity index (χ1n) is 12.6. The molecule has 1 amide bonds. The first kappa shape index (κ1) is 27.6. The van der Waals surface area contributed by atoms with Gasteiger partial charge in [-0.15, -0.1) is 0 Å². The molecule has 1 aromatic carbocycles. The molecule has 38 heavy (non-hydrogen) atoms. The quantitative estimate of drug-likeness (QED) is 0.360. The van der Waals surface area contributed by atoms with Gasteiger partial charge in [0, 0.05) is 42.1 Å². The molecule has 2 atom stereocenters. The summed E-state index contributed by atoms with van der Waals surface area (Å²) in [5.74, 6) is 5.25. The van der Waals surface area contributed by atoms with E-state index in [0.29, 0.717) is 35.1 Å². The third-order valence-electron chi connectivity index (χ3n) is 6.65. The van der Waals surface area contributed by atoms with Crippen molar-refractivity contribution in [3.8, 4) is 11.8 Å². The molecule has 0 aliphatic carbocycles. The lowest BCUT2D eigenvalue weighted by Crippen LogP contribution is -2.46. The van der Waals surface area contributed by atoms with Gasteiger partial charge in [0.25, 0.3) is 5.91 Å². The summed E-state index contributed by atoms with van der Waals surface area (Å²) in [6, 6.07) is 7.86. The van der Waals surface area contributed by atoms with Gasteiger partial charge in [-0.3, -0.25) is 4.79 Å². The number of carbonyl (C=O) groups is 1. The first-order valence-corrected chi connectivity index (χ1v) is 12.6. The summed E-state index contributed by atoms with van der Waals surface area (Å²) in [4.78, 5) is 14.4. The highest BCUT2D eigenvalue weighted by molar-refractivity contribution is 5.95. The van der Waals surface area contributed by atoms with Crippen LogP contribution in [0.4, 0.5) is 23.2 Å². The van der Waals surface area contributed by atoms with Crippen molar-refractivity contribution in [3.63, 3.8) is 0 Å². The van der Waals surface area contributed by atoms with E-state index in [4.69, 9.17) is 0 Å². The predicted octanol–water partition coefficient (Wildman–Crippen LogP) is 5.00. The number of carbonyl (C=O) groups excluding carboxylic acids is 1. The van der Waals surface area contributed by atoms with Gasteiger partial charge in [-0.25, -0.2) is 4.39 Å². The zero-order valence-electron chi connectivity index (χ0n) is 22.0. The normalized spacial score (nSPS) is 18.7. The Kier molecular flexibility index (Phi) is 7.79. The average molecular weight is 532 g/mol. The van der Waals surface area contributed by atoms with E-state index >= 15 is 0 Å². The van der Waals surface area contributed by atoms with Gasteiger partial charge in [-0.2, -0.15) is 13.2 Å². The number of aromatic nitrogens is 2. The van der Waals surface area contributed by atoms with E-state index in [2.05, 4.69) is 22.5 Å². The molecule has 0 radical (unpaired) electrons. The van der Waals surface area contributed by atoms with Crippen molar-refractivity contribution in [2.24, 2.45) is 0 Å². The monoisotopic (exact) mass is 531 g/mol. The number of nitrogens with zero attached hydrogens (tertiary/aromatic N) is 3. The number of fused-ring (bicyclic) bond motifs is 1. The minimum atomic E-state index is -4.46. The van der Waals surface area contributed by atoms with Crippen molar-refractivity contribution in [1.29, 1.82) is 0 Å². The number of benzene rings is 1. The maximum absolute atomic E-state index is 14.6. The summed E-state index contributed by atoms with van der Waals surface area (Å²) in [5, 5.41) is 6.44. The van der Waals surface area contributed by atoms with Gasteiger partial charge in [0.05, 0.1) is 29.4 Å². The van der Waals surface area contributed by atoms with Gasteiger partial charge in [-0.1, -0.05) is 12.0 Å². The van der Waals surface area contributed by atoms with Crippen LogP contribution in [0.5, 0.6) is 0 Å². The number of piperidine rings is 1. The van der Waals surface area contributed by atoms with Crippen molar-refractivity contribution in [2.45, 2.75) is 57.7 Å². The van der Waals surface area contributed by atoms with Gasteiger partial charge < -0.3 is 24.7 Å². The second kappa shape index (κ2) is 10.7. The maximum atomic E-state index is 14.6. The molecule has 3 aromatic rings. The molecule has 0 saturated carbocycles. The lowest BCUT2D eigenvalue weighted by Gasteiger charge is -2.33. The molecule has 0 unspecified atom stereocenters. The molecule has 10 heteroatoms. The van der Waals surface area contributed by atoms with Crippen molar-refractivity contribution in [2.75, 3.05) is 32.0 Å². The molecule has 4 rings (SSSR count). The van der Waals surface area contributed by atoms with E-state index in [9.17, 15) is 22.4 Å². The molecule has 1 aliphatic heterocycles. The molecular formula is C28H33F4N5O. The van der Waals surface area contributed by atoms with E-state index in [1.807, 2.05) is 43.5 Å². The molecule has 0 bridgehead atoms. The lowest BCUT2D eigenvalue weighted by molar-refractivity contribution is -0.140. The third-order valence-corrected chi connectivity index (χ3v) is 6.65. The summed E-state index contributed by atoms with van der Waals surface area (Å²) >= 11 is 0. The number of halogens is 4. The van der Waals surface area contributed by atoms with Gasteiger partial charge in [0.15, 0.2) is 0 Å². The van der Waals surface area contributed by atoms with E-state index in [-0.39, 0.29) is 23.7 Å². The zero-order chi connectivity index (χ0) is 27.7. The van der Waals surface area contributed by atoms with Crippen LogP contribution in [0, 0.1) is 11.8 Å². The highest BCUT2D eigenvalue weighted by Crippen LogP contribution is 2.31. The standard InChI is InChI=1S/C28H33F4N5O/c1-27(2,3)36-14-10-19(16-36)26(38)33-12-6-7-20-15-21-23(34-24-11-13-35(4)17-22(24)29)8-5-9-25(21)37(20)18-28(30,31)32/h5,8-10,14-16,22,24,34H,11-13,17-18H2,1-4H3,(H,33,38)/t22-,24+/m0/s1. The molecule has 3 heterocycles. The summed E-state index contributed by atoms with van der Waals surface area (Å²) in [5.41, 5.74) is 1.40. The number of anilines is 1. The Balaban J connectivity index is 1.55. The summed E-state index contributed by atoms with van der Waals surface area (Å²) < 4.78 is 58.0. The minimum absolute atomic E-state index is 0.0305. The highest BCUT2D eigenvalue weighted by Gasteiger charge is 2.31. The topological polar surface area (TPSA) is 54.2 Å². The Morgan fingerprint density at radius 1 is 1.18 bits per heavy atom. The number of nitrogens with one attached hydrogen (secondary N) is 2. The number of rotatable bonds is 5. The van der Waals surface area contributed by atoms with Crippen LogP contribution >= 0.6 is 0 Å². The number of alkyl halides is 4.